The lowest BCUT2D eigenvalue weighted by atomic mass is 10.1. The van der Waals surface area contributed by atoms with E-state index < -0.39 is 0 Å². The topological polar surface area (TPSA) is 59.8 Å². The number of pyridine rings is 1. The molecular formula is C16H22N4O. The Kier molecular flexibility index (Phi) is 5.09. The maximum absolute atomic E-state index is 11.9. The van der Waals surface area contributed by atoms with E-state index in [4.69, 9.17) is 0 Å². The molecule has 0 spiro atoms. The lowest BCUT2D eigenvalue weighted by molar-refractivity contribution is -0.121. The van der Waals surface area contributed by atoms with Crippen LogP contribution in [0.5, 0.6) is 0 Å². The van der Waals surface area contributed by atoms with Crippen LogP contribution in [0.2, 0.25) is 0 Å². The summed E-state index contributed by atoms with van der Waals surface area (Å²) in [6.07, 6.45) is 3.76. The van der Waals surface area contributed by atoms with Crippen LogP contribution in [-0.4, -0.2) is 27.2 Å². The van der Waals surface area contributed by atoms with Gasteiger partial charge in [-0.2, -0.15) is 5.10 Å². The molecule has 0 unspecified atom stereocenters. The van der Waals surface area contributed by atoms with Crippen molar-refractivity contribution in [2.24, 2.45) is 7.05 Å². The zero-order chi connectivity index (χ0) is 15.2. The molecule has 0 aliphatic rings. The second-order valence-corrected chi connectivity index (χ2v) is 5.19. The van der Waals surface area contributed by atoms with Gasteiger partial charge < -0.3 is 5.32 Å². The van der Waals surface area contributed by atoms with E-state index in [0.717, 1.165) is 29.9 Å². The smallest absolute Gasteiger partial charge is 0.220 e. The van der Waals surface area contributed by atoms with E-state index in [1.807, 2.05) is 43.8 Å². The molecule has 0 saturated carbocycles. The average molecular weight is 286 g/mol. The van der Waals surface area contributed by atoms with Gasteiger partial charge in [0.2, 0.25) is 5.91 Å². The fourth-order valence-corrected chi connectivity index (χ4v) is 2.38. The molecule has 0 aliphatic heterocycles. The van der Waals surface area contributed by atoms with Gasteiger partial charge in [0.1, 0.15) is 0 Å². The van der Waals surface area contributed by atoms with E-state index in [1.165, 1.54) is 5.56 Å². The lowest BCUT2D eigenvalue weighted by Gasteiger charge is -2.05. The normalized spacial score (nSPS) is 10.6. The second-order valence-electron chi connectivity index (χ2n) is 5.19. The third-order valence-corrected chi connectivity index (χ3v) is 3.69. The molecular weight excluding hydrogens is 264 g/mol. The molecule has 2 aromatic rings. The zero-order valence-corrected chi connectivity index (χ0v) is 12.9. The highest BCUT2D eigenvalue weighted by atomic mass is 16.1. The first-order valence-corrected chi connectivity index (χ1v) is 7.23. The summed E-state index contributed by atoms with van der Waals surface area (Å²) in [7, 11) is 1.93. The zero-order valence-electron chi connectivity index (χ0n) is 12.9. The molecule has 0 fully saturated rings. The summed E-state index contributed by atoms with van der Waals surface area (Å²) < 4.78 is 1.86. The summed E-state index contributed by atoms with van der Waals surface area (Å²) in [6.45, 7) is 4.65. The lowest BCUT2D eigenvalue weighted by Crippen LogP contribution is -2.26. The van der Waals surface area contributed by atoms with Crippen molar-refractivity contribution < 1.29 is 4.79 Å². The van der Waals surface area contributed by atoms with Crippen LogP contribution in [0.15, 0.2) is 24.4 Å². The number of carbonyl (C=O) groups is 1. The molecule has 2 heterocycles. The summed E-state index contributed by atoms with van der Waals surface area (Å²) >= 11 is 0. The molecule has 2 rings (SSSR count). The first-order chi connectivity index (χ1) is 10.1. The third-order valence-electron chi connectivity index (χ3n) is 3.69. The Balaban J connectivity index is 1.75. The van der Waals surface area contributed by atoms with E-state index in [0.29, 0.717) is 13.0 Å². The number of carbonyl (C=O) groups excluding carboxylic acids is 1. The van der Waals surface area contributed by atoms with Gasteiger partial charge in [0.15, 0.2) is 0 Å². The third kappa shape index (κ3) is 4.15. The second kappa shape index (κ2) is 7.02. The Morgan fingerprint density at radius 1 is 1.29 bits per heavy atom. The fraction of sp³-hybridized carbons (Fsp3) is 0.438. The molecule has 0 aliphatic carbocycles. The van der Waals surface area contributed by atoms with E-state index >= 15 is 0 Å². The van der Waals surface area contributed by atoms with Crippen LogP contribution in [-0.2, 0) is 24.7 Å². The Labute approximate surface area is 125 Å². The number of amides is 1. The minimum absolute atomic E-state index is 0.0774. The van der Waals surface area contributed by atoms with Crippen molar-refractivity contribution in [1.29, 1.82) is 0 Å². The van der Waals surface area contributed by atoms with Crippen LogP contribution >= 0.6 is 0 Å². The molecule has 0 bridgehead atoms. The van der Waals surface area contributed by atoms with Crippen molar-refractivity contribution in [3.63, 3.8) is 0 Å². The van der Waals surface area contributed by atoms with E-state index in [1.54, 1.807) is 6.20 Å². The molecule has 5 nitrogen and oxygen atoms in total. The van der Waals surface area contributed by atoms with Crippen LogP contribution in [0.1, 0.15) is 29.1 Å². The van der Waals surface area contributed by atoms with Crippen LogP contribution < -0.4 is 5.32 Å². The van der Waals surface area contributed by atoms with Gasteiger partial charge in [0.25, 0.3) is 0 Å². The van der Waals surface area contributed by atoms with Gasteiger partial charge in [-0.15, -0.1) is 0 Å². The Morgan fingerprint density at radius 2 is 2.10 bits per heavy atom. The minimum atomic E-state index is 0.0774. The van der Waals surface area contributed by atoms with E-state index in [9.17, 15) is 4.79 Å². The number of aromatic nitrogens is 3. The highest BCUT2D eigenvalue weighted by Gasteiger charge is 2.11. The summed E-state index contributed by atoms with van der Waals surface area (Å²) in [4.78, 5) is 16.1. The summed E-state index contributed by atoms with van der Waals surface area (Å²) in [5.74, 6) is 0.0774. The predicted octanol–water partition coefficient (Wildman–Crippen LogP) is 1.72. The maximum Gasteiger partial charge on any atom is 0.220 e. The maximum atomic E-state index is 11.9. The minimum Gasteiger partial charge on any atom is -0.356 e. The molecule has 1 N–H and O–H groups in total. The van der Waals surface area contributed by atoms with Crippen LogP contribution in [0.4, 0.5) is 0 Å². The number of nitrogens with zero attached hydrogens (tertiary/aromatic N) is 3. The van der Waals surface area contributed by atoms with Gasteiger partial charge >= 0.3 is 0 Å². The van der Waals surface area contributed by atoms with Crippen LogP contribution in [0.3, 0.4) is 0 Å². The molecule has 0 saturated heterocycles. The number of nitrogens with one attached hydrogen (secondary N) is 1. The van der Waals surface area contributed by atoms with Crippen LogP contribution in [0, 0.1) is 13.8 Å². The average Bonchev–Trinajstić information content (AvgIpc) is 2.71. The van der Waals surface area contributed by atoms with Crippen molar-refractivity contribution in [1.82, 2.24) is 20.1 Å². The molecule has 112 valence electrons. The van der Waals surface area contributed by atoms with Gasteiger partial charge in [-0.1, -0.05) is 6.07 Å². The number of hydrogen-bond donors (Lipinski definition) is 1. The fourth-order valence-electron chi connectivity index (χ4n) is 2.38. The van der Waals surface area contributed by atoms with Crippen molar-refractivity contribution in [3.05, 3.63) is 47.0 Å². The van der Waals surface area contributed by atoms with E-state index in [2.05, 4.69) is 15.4 Å². The van der Waals surface area contributed by atoms with Crippen molar-refractivity contribution in [3.8, 4) is 0 Å². The molecule has 0 atom stereocenters. The Morgan fingerprint density at radius 3 is 2.71 bits per heavy atom. The summed E-state index contributed by atoms with van der Waals surface area (Å²) in [6, 6.07) is 5.81. The van der Waals surface area contributed by atoms with Gasteiger partial charge in [0.05, 0.1) is 5.69 Å². The Hall–Kier alpha value is -2.17. The highest BCUT2D eigenvalue weighted by molar-refractivity contribution is 5.76. The van der Waals surface area contributed by atoms with Gasteiger partial charge in [-0.3, -0.25) is 14.5 Å². The van der Waals surface area contributed by atoms with Gasteiger partial charge in [0, 0.05) is 44.0 Å². The molecule has 21 heavy (non-hydrogen) atoms. The number of rotatable bonds is 6. The van der Waals surface area contributed by atoms with Gasteiger partial charge in [-0.25, -0.2) is 0 Å². The predicted molar refractivity (Wildman–Crippen MR) is 82.0 cm³/mol. The molecule has 0 aromatic carbocycles. The van der Waals surface area contributed by atoms with Gasteiger partial charge in [-0.05, 0) is 38.0 Å². The first kappa shape index (κ1) is 15.2. The molecule has 2 aromatic heterocycles. The monoisotopic (exact) mass is 286 g/mol. The largest absolute Gasteiger partial charge is 0.356 e. The standard InChI is InChI=1S/C16H22N4O/c1-12-15(13(2)20(3)19-12)7-8-16(21)18-11-9-14-6-4-5-10-17-14/h4-6,10H,7-9,11H2,1-3H3,(H,18,21). The van der Waals surface area contributed by atoms with E-state index in [-0.39, 0.29) is 5.91 Å². The van der Waals surface area contributed by atoms with Crippen LogP contribution in [0.25, 0.3) is 0 Å². The van der Waals surface area contributed by atoms with Crippen molar-refractivity contribution in [2.45, 2.75) is 33.1 Å². The molecule has 1 amide bonds. The number of aryl methyl sites for hydroxylation is 2. The summed E-state index contributed by atoms with van der Waals surface area (Å²) in [5, 5.41) is 7.31. The summed E-state index contributed by atoms with van der Waals surface area (Å²) in [5.41, 5.74) is 4.32. The highest BCUT2D eigenvalue weighted by Crippen LogP contribution is 2.13. The quantitative estimate of drug-likeness (QED) is 0.879. The SMILES string of the molecule is Cc1nn(C)c(C)c1CCC(=O)NCCc1ccccn1. The Bertz CT molecular complexity index is 604. The molecule has 5 heteroatoms. The first-order valence-electron chi connectivity index (χ1n) is 7.23. The number of hydrogen-bond acceptors (Lipinski definition) is 3. The van der Waals surface area contributed by atoms with Crippen molar-refractivity contribution in [2.75, 3.05) is 6.54 Å². The molecule has 0 radical (unpaired) electrons. The van der Waals surface area contributed by atoms with Crippen molar-refractivity contribution >= 4 is 5.91 Å².